The summed E-state index contributed by atoms with van der Waals surface area (Å²) >= 11 is 0. The summed E-state index contributed by atoms with van der Waals surface area (Å²) in [5, 5.41) is 0. The van der Waals surface area contributed by atoms with E-state index in [9.17, 15) is 18.4 Å². The summed E-state index contributed by atoms with van der Waals surface area (Å²) < 4.78 is 33.6. The molecule has 0 spiro atoms. The van der Waals surface area contributed by atoms with E-state index in [0.29, 0.717) is 6.92 Å². The normalized spacial score (nSPS) is 10.8. The predicted octanol–water partition coefficient (Wildman–Crippen LogP) is 2.08. The number of ether oxygens (including phenoxy) is 2. The van der Waals surface area contributed by atoms with E-state index in [-0.39, 0.29) is 25.0 Å². The Morgan fingerprint density at radius 1 is 1.29 bits per heavy atom. The highest BCUT2D eigenvalue weighted by Crippen LogP contribution is 2.11. The van der Waals surface area contributed by atoms with Crippen molar-refractivity contribution in [3.05, 3.63) is 12.2 Å². The largest absolute Gasteiger partial charge is 0.462 e. The molecule has 0 bridgehead atoms. The molecule has 0 aliphatic heterocycles. The Morgan fingerprint density at radius 3 is 2.35 bits per heavy atom. The van der Waals surface area contributed by atoms with Crippen LogP contribution in [0.1, 0.15) is 26.7 Å². The van der Waals surface area contributed by atoms with Gasteiger partial charge in [-0.1, -0.05) is 6.58 Å². The number of carbonyl (C=O) groups excluding carboxylic acids is 2. The van der Waals surface area contributed by atoms with E-state index in [2.05, 4.69) is 11.3 Å². The Kier molecular flexibility index (Phi) is 6.38. The van der Waals surface area contributed by atoms with E-state index in [4.69, 9.17) is 4.74 Å². The number of rotatable bonds is 7. The lowest BCUT2D eigenvalue weighted by atomic mass is 10.3. The van der Waals surface area contributed by atoms with Crippen LogP contribution in [0.2, 0.25) is 0 Å². The van der Waals surface area contributed by atoms with Crippen LogP contribution in [-0.4, -0.2) is 31.1 Å². The molecular weight excluding hydrogens is 234 g/mol. The number of esters is 2. The molecule has 0 saturated heterocycles. The second-order valence-electron chi connectivity index (χ2n) is 3.75. The molecule has 0 unspecified atom stereocenters. The summed E-state index contributed by atoms with van der Waals surface area (Å²) in [5.74, 6) is -4.31. The maximum atomic E-state index is 12.3. The summed E-state index contributed by atoms with van der Waals surface area (Å²) in [6.07, 6.45) is 0.159. The molecule has 0 saturated carbocycles. The average Bonchev–Trinajstić information content (AvgIpc) is 2.20. The standard InChI is InChI=1S/C11H16F2O4/c1-8(2)10(15)16-6-4-5-9(14)17-7-11(3,12)13/h1,4-7H2,2-3H3. The zero-order valence-corrected chi connectivity index (χ0v) is 9.92. The van der Waals surface area contributed by atoms with Crippen LogP contribution in [-0.2, 0) is 19.1 Å². The molecule has 0 radical (unpaired) electrons. The molecule has 0 aliphatic rings. The zero-order valence-electron chi connectivity index (χ0n) is 9.92. The SMILES string of the molecule is C=C(C)C(=O)OCCCC(=O)OCC(C)(F)F. The minimum Gasteiger partial charge on any atom is -0.462 e. The quantitative estimate of drug-likeness (QED) is 0.394. The first-order chi connectivity index (χ1) is 7.72. The van der Waals surface area contributed by atoms with Gasteiger partial charge in [0.2, 0.25) is 0 Å². The molecule has 0 aromatic rings. The van der Waals surface area contributed by atoms with Gasteiger partial charge in [0, 0.05) is 18.9 Å². The second-order valence-corrected chi connectivity index (χ2v) is 3.75. The van der Waals surface area contributed by atoms with Gasteiger partial charge < -0.3 is 9.47 Å². The van der Waals surface area contributed by atoms with Crippen molar-refractivity contribution >= 4 is 11.9 Å². The summed E-state index contributed by atoms with van der Waals surface area (Å²) in [4.78, 5) is 21.9. The molecule has 4 nitrogen and oxygen atoms in total. The first-order valence-electron chi connectivity index (χ1n) is 5.08. The van der Waals surface area contributed by atoms with E-state index >= 15 is 0 Å². The smallest absolute Gasteiger partial charge is 0.333 e. The molecule has 0 fully saturated rings. The van der Waals surface area contributed by atoms with Gasteiger partial charge in [-0.15, -0.1) is 0 Å². The van der Waals surface area contributed by atoms with Crippen LogP contribution >= 0.6 is 0 Å². The van der Waals surface area contributed by atoms with Crippen LogP contribution < -0.4 is 0 Å². The number of carbonyl (C=O) groups is 2. The van der Waals surface area contributed by atoms with Crippen LogP contribution in [0.5, 0.6) is 0 Å². The molecule has 17 heavy (non-hydrogen) atoms. The predicted molar refractivity (Wildman–Crippen MR) is 56.6 cm³/mol. The summed E-state index contributed by atoms with van der Waals surface area (Å²) in [6.45, 7) is 4.64. The lowest BCUT2D eigenvalue weighted by Gasteiger charge is -2.10. The van der Waals surface area contributed by atoms with Gasteiger partial charge in [0.1, 0.15) is 0 Å². The van der Waals surface area contributed by atoms with Gasteiger partial charge in [0.15, 0.2) is 6.61 Å². The number of hydrogen-bond donors (Lipinski definition) is 0. The van der Waals surface area contributed by atoms with Crippen LogP contribution in [0.3, 0.4) is 0 Å². The van der Waals surface area contributed by atoms with Gasteiger partial charge in [-0.05, 0) is 13.3 Å². The fourth-order valence-corrected chi connectivity index (χ4v) is 0.784. The van der Waals surface area contributed by atoms with Gasteiger partial charge in [0.25, 0.3) is 5.92 Å². The maximum absolute atomic E-state index is 12.3. The van der Waals surface area contributed by atoms with Crippen LogP contribution in [0, 0.1) is 0 Å². The lowest BCUT2D eigenvalue weighted by Crippen LogP contribution is -2.21. The average molecular weight is 250 g/mol. The molecular formula is C11H16F2O4. The molecule has 98 valence electrons. The Morgan fingerprint density at radius 2 is 1.88 bits per heavy atom. The summed E-state index contributed by atoms with van der Waals surface area (Å²) in [7, 11) is 0. The van der Waals surface area contributed by atoms with Crippen LogP contribution in [0.15, 0.2) is 12.2 Å². The van der Waals surface area contributed by atoms with Crippen molar-refractivity contribution < 1.29 is 27.8 Å². The topological polar surface area (TPSA) is 52.6 Å². The van der Waals surface area contributed by atoms with E-state index < -0.39 is 24.5 Å². The number of alkyl halides is 2. The minimum absolute atomic E-state index is 0.0311. The van der Waals surface area contributed by atoms with Gasteiger partial charge in [-0.3, -0.25) is 4.79 Å². The van der Waals surface area contributed by atoms with E-state index in [0.717, 1.165) is 0 Å². The summed E-state index contributed by atoms with van der Waals surface area (Å²) in [5.41, 5.74) is 0.262. The van der Waals surface area contributed by atoms with E-state index in [1.807, 2.05) is 0 Å². The number of halogens is 2. The van der Waals surface area contributed by atoms with E-state index in [1.54, 1.807) is 0 Å². The fourth-order valence-electron chi connectivity index (χ4n) is 0.784. The highest BCUT2D eigenvalue weighted by Gasteiger charge is 2.23. The van der Waals surface area contributed by atoms with Gasteiger partial charge in [-0.2, -0.15) is 0 Å². The molecule has 0 N–H and O–H groups in total. The van der Waals surface area contributed by atoms with Crippen molar-refractivity contribution in [2.45, 2.75) is 32.6 Å². The first kappa shape index (κ1) is 15.5. The summed E-state index contributed by atoms with van der Waals surface area (Å²) in [6, 6.07) is 0. The van der Waals surface area contributed by atoms with Crippen molar-refractivity contribution in [2.24, 2.45) is 0 Å². The molecule has 0 rings (SSSR count). The lowest BCUT2D eigenvalue weighted by molar-refractivity contribution is -0.154. The Hall–Kier alpha value is -1.46. The third-order valence-corrected chi connectivity index (χ3v) is 1.59. The third-order valence-electron chi connectivity index (χ3n) is 1.59. The monoisotopic (exact) mass is 250 g/mol. The third kappa shape index (κ3) is 9.47. The molecule has 0 amide bonds. The Balaban J connectivity index is 3.59. The van der Waals surface area contributed by atoms with Crippen molar-refractivity contribution in [1.29, 1.82) is 0 Å². The second kappa shape index (κ2) is 6.98. The fraction of sp³-hybridized carbons (Fsp3) is 0.636. The van der Waals surface area contributed by atoms with Gasteiger partial charge >= 0.3 is 11.9 Å². The number of hydrogen-bond acceptors (Lipinski definition) is 4. The van der Waals surface area contributed by atoms with Gasteiger partial charge in [0.05, 0.1) is 6.61 Å². The van der Waals surface area contributed by atoms with E-state index in [1.165, 1.54) is 6.92 Å². The molecule has 0 aromatic carbocycles. The Labute approximate surface area is 98.6 Å². The van der Waals surface area contributed by atoms with Crippen LogP contribution in [0.25, 0.3) is 0 Å². The Bertz CT molecular complexity index is 294. The highest BCUT2D eigenvalue weighted by atomic mass is 19.3. The van der Waals surface area contributed by atoms with Crippen molar-refractivity contribution in [2.75, 3.05) is 13.2 Å². The molecule has 0 aliphatic carbocycles. The molecule has 6 heteroatoms. The molecule has 0 heterocycles. The van der Waals surface area contributed by atoms with Crippen molar-refractivity contribution in [3.63, 3.8) is 0 Å². The molecule has 0 atom stereocenters. The maximum Gasteiger partial charge on any atom is 0.333 e. The zero-order chi connectivity index (χ0) is 13.5. The van der Waals surface area contributed by atoms with Crippen molar-refractivity contribution in [1.82, 2.24) is 0 Å². The highest BCUT2D eigenvalue weighted by molar-refractivity contribution is 5.86. The van der Waals surface area contributed by atoms with Crippen molar-refractivity contribution in [3.8, 4) is 0 Å². The minimum atomic E-state index is -3.03. The molecule has 0 aromatic heterocycles. The van der Waals surface area contributed by atoms with Gasteiger partial charge in [-0.25, -0.2) is 13.6 Å². The first-order valence-corrected chi connectivity index (χ1v) is 5.08. The van der Waals surface area contributed by atoms with Crippen LogP contribution in [0.4, 0.5) is 8.78 Å².